The number of rotatable bonds is 1. The van der Waals surface area contributed by atoms with Crippen molar-refractivity contribution >= 4 is 21.8 Å². The standard InChI is InChI=1S/C19H15N.C7H8.C2H6/c1-20-18-10-6-5-9-16(18)17-13-15(11-12-19(17)20)14-7-3-2-4-8-14;1-7-5-3-2-4-6-7;1-2/h2-13H,1H3;2-6H,1H3;1-2H3. The lowest BCUT2D eigenvalue weighted by atomic mass is 10.0. The van der Waals surface area contributed by atoms with E-state index in [4.69, 9.17) is 0 Å². The number of fused-ring (bicyclic) bond motifs is 3. The van der Waals surface area contributed by atoms with Crippen LogP contribution in [0.4, 0.5) is 0 Å². The first-order chi connectivity index (χ1) is 14.2. The Bertz CT molecular complexity index is 1170. The molecule has 146 valence electrons. The van der Waals surface area contributed by atoms with Crippen LogP contribution in [0.25, 0.3) is 32.9 Å². The van der Waals surface area contributed by atoms with Crippen LogP contribution < -0.4 is 0 Å². The van der Waals surface area contributed by atoms with Crippen molar-refractivity contribution in [3.63, 3.8) is 0 Å². The molecule has 0 amide bonds. The molecular formula is C28H29N. The van der Waals surface area contributed by atoms with E-state index in [2.05, 4.69) is 103 Å². The largest absolute Gasteiger partial charge is 0.344 e. The fourth-order valence-corrected chi connectivity index (χ4v) is 3.51. The molecule has 0 atom stereocenters. The van der Waals surface area contributed by atoms with E-state index in [1.807, 2.05) is 32.0 Å². The van der Waals surface area contributed by atoms with E-state index >= 15 is 0 Å². The van der Waals surface area contributed by atoms with E-state index in [0.717, 1.165) is 0 Å². The summed E-state index contributed by atoms with van der Waals surface area (Å²) in [6.45, 7) is 6.08. The molecule has 0 saturated heterocycles. The average Bonchev–Trinajstić information content (AvgIpc) is 3.09. The molecule has 1 aromatic heterocycles. The van der Waals surface area contributed by atoms with Gasteiger partial charge in [-0.15, -0.1) is 0 Å². The monoisotopic (exact) mass is 379 g/mol. The molecule has 5 rings (SSSR count). The molecule has 1 heterocycles. The van der Waals surface area contributed by atoms with Crippen molar-refractivity contribution in [2.24, 2.45) is 7.05 Å². The number of nitrogens with zero attached hydrogens (tertiary/aromatic N) is 1. The molecule has 0 unspecified atom stereocenters. The quantitative estimate of drug-likeness (QED) is 0.278. The Hall–Kier alpha value is -3.32. The lowest BCUT2D eigenvalue weighted by molar-refractivity contribution is 1.01. The maximum Gasteiger partial charge on any atom is 0.0489 e. The predicted molar refractivity (Wildman–Crippen MR) is 128 cm³/mol. The van der Waals surface area contributed by atoms with Gasteiger partial charge < -0.3 is 4.57 Å². The van der Waals surface area contributed by atoms with E-state index in [-0.39, 0.29) is 0 Å². The zero-order chi connectivity index (χ0) is 20.6. The van der Waals surface area contributed by atoms with E-state index in [1.165, 1.54) is 38.5 Å². The Morgan fingerprint density at radius 2 is 1.07 bits per heavy atom. The normalized spacial score (nSPS) is 10.1. The summed E-state index contributed by atoms with van der Waals surface area (Å²) < 4.78 is 2.26. The van der Waals surface area contributed by atoms with E-state index < -0.39 is 0 Å². The van der Waals surface area contributed by atoms with Crippen molar-refractivity contribution in [2.45, 2.75) is 20.8 Å². The fraction of sp³-hybridized carbons (Fsp3) is 0.143. The van der Waals surface area contributed by atoms with Gasteiger partial charge in [0, 0.05) is 28.9 Å². The molecule has 0 bridgehead atoms. The Morgan fingerprint density at radius 3 is 1.69 bits per heavy atom. The average molecular weight is 380 g/mol. The number of hydrogen-bond acceptors (Lipinski definition) is 0. The highest BCUT2D eigenvalue weighted by Gasteiger charge is 2.08. The van der Waals surface area contributed by atoms with Crippen molar-refractivity contribution < 1.29 is 0 Å². The summed E-state index contributed by atoms with van der Waals surface area (Å²) in [4.78, 5) is 0. The molecule has 0 fully saturated rings. The molecule has 0 saturated carbocycles. The van der Waals surface area contributed by atoms with Crippen LogP contribution in [0.3, 0.4) is 0 Å². The van der Waals surface area contributed by atoms with Crippen molar-refractivity contribution in [1.29, 1.82) is 0 Å². The highest BCUT2D eigenvalue weighted by Crippen LogP contribution is 2.31. The fourth-order valence-electron chi connectivity index (χ4n) is 3.51. The van der Waals surface area contributed by atoms with Crippen molar-refractivity contribution in [2.75, 3.05) is 0 Å². The molecule has 5 aromatic rings. The predicted octanol–water partition coefficient (Wildman–Crippen LogP) is 8.02. The number of benzene rings is 4. The van der Waals surface area contributed by atoms with Gasteiger partial charge in [-0.1, -0.05) is 104 Å². The first-order valence-electron chi connectivity index (χ1n) is 10.3. The van der Waals surface area contributed by atoms with Gasteiger partial charge in [-0.2, -0.15) is 0 Å². The smallest absolute Gasteiger partial charge is 0.0489 e. The minimum absolute atomic E-state index is 1.27. The number of para-hydroxylation sites is 1. The van der Waals surface area contributed by atoms with Crippen LogP contribution in [-0.4, -0.2) is 4.57 Å². The van der Waals surface area contributed by atoms with Gasteiger partial charge in [-0.25, -0.2) is 0 Å². The molecule has 0 aliphatic heterocycles. The van der Waals surface area contributed by atoms with Crippen LogP contribution in [0.5, 0.6) is 0 Å². The Balaban J connectivity index is 0.000000226. The zero-order valence-corrected chi connectivity index (χ0v) is 17.8. The van der Waals surface area contributed by atoms with E-state index in [0.29, 0.717) is 0 Å². The number of aryl methyl sites for hydroxylation is 2. The molecule has 0 N–H and O–H groups in total. The van der Waals surface area contributed by atoms with Gasteiger partial charge in [-0.3, -0.25) is 0 Å². The number of aromatic nitrogens is 1. The van der Waals surface area contributed by atoms with Crippen LogP contribution in [0.2, 0.25) is 0 Å². The summed E-state index contributed by atoms with van der Waals surface area (Å²) in [5.41, 5.74) is 6.43. The lowest BCUT2D eigenvalue weighted by Crippen LogP contribution is -1.85. The van der Waals surface area contributed by atoms with Gasteiger partial charge in [0.25, 0.3) is 0 Å². The van der Waals surface area contributed by atoms with E-state index in [9.17, 15) is 0 Å². The van der Waals surface area contributed by atoms with Gasteiger partial charge in [0.2, 0.25) is 0 Å². The highest BCUT2D eigenvalue weighted by molar-refractivity contribution is 6.09. The third kappa shape index (κ3) is 4.57. The van der Waals surface area contributed by atoms with Crippen LogP contribution in [0, 0.1) is 6.92 Å². The molecule has 29 heavy (non-hydrogen) atoms. The maximum absolute atomic E-state index is 2.30. The Kier molecular flexibility index (Phi) is 6.86. The second kappa shape index (κ2) is 9.75. The molecular weight excluding hydrogens is 350 g/mol. The molecule has 0 aliphatic rings. The van der Waals surface area contributed by atoms with Crippen LogP contribution in [0.15, 0.2) is 103 Å². The molecule has 1 nitrogen and oxygen atoms in total. The second-order valence-corrected chi connectivity index (χ2v) is 6.83. The first kappa shape index (κ1) is 20.4. The van der Waals surface area contributed by atoms with Crippen LogP contribution >= 0.6 is 0 Å². The van der Waals surface area contributed by atoms with Crippen molar-refractivity contribution in [3.05, 3.63) is 109 Å². The topological polar surface area (TPSA) is 4.93 Å². The summed E-state index contributed by atoms with van der Waals surface area (Å²) in [6.07, 6.45) is 0. The molecule has 0 aliphatic carbocycles. The molecule has 1 heteroatoms. The number of hydrogen-bond donors (Lipinski definition) is 0. The van der Waals surface area contributed by atoms with Gasteiger partial charge in [-0.05, 0) is 36.2 Å². The van der Waals surface area contributed by atoms with Crippen LogP contribution in [-0.2, 0) is 7.05 Å². The van der Waals surface area contributed by atoms with Crippen molar-refractivity contribution in [1.82, 2.24) is 4.57 Å². The van der Waals surface area contributed by atoms with Crippen molar-refractivity contribution in [3.8, 4) is 11.1 Å². The van der Waals surface area contributed by atoms with Gasteiger partial charge in [0.15, 0.2) is 0 Å². The van der Waals surface area contributed by atoms with Gasteiger partial charge in [0.1, 0.15) is 0 Å². The minimum atomic E-state index is 1.27. The van der Waals surface area contributed by atoms with Gasteiger partial charge >= 0.3 is 0 Å². The van der Waals surface area contributed by atoms with E-state index in [1.54, 1.807) is 0 Å². The lowest BCUT2D eigenvalue weighted by Gasteiger charge is -2.02. The summed E-state index contributed by atoms with van der Waals surface area (Å²) >= 11 is 0. The molecule has 0 spiro atoms. The summed E-state index contributed by atoms with van der Waals surface area (Å²) in [6, 6.07) is 36.1. The molecule has 4 aromatic carbocycles. The minimum Gasteiger partial charge on any atom is -0.344 e. The summed E-state index contributed by atoms with van der Waals surface area (Å²) in [5.74, 6) is 0. The zero-order valence-electron chi connectivity index (χ0n) is 17.8. The third-order valence-corrected chi connectivity index (χ3v) is 4.96. The highest BCUT2D eigenvalue weighted by atomic mass is 14.9. The SMILES string of the molecule is CC.Cc1ccccc1.Cn1c2ccccc2c2cc(-c3ccccc3)ccc21. The first-order valence-corrected chi connectivity index (χ1v) is 10.3. The maximum atomic E-state index is 2.30. The summed E-state index contributed by atoms with van der Waals surface area (Å²) in [7, 11) is 2.13. The summed E-state index contributed by atoms with van der Waals surface area (Å²) in [5, 5.41) is 2.65. The third-order valence-electron chi connectivity index (χ3n) is 4.96. The molecule has 0 radical (unpaired) electrons. The Labute approximate surface area is 174 Å². The second-order valence-electron chi connectivity index (χ2n) is 6.83. The van der Waals surface area contributed by atoms with Gasteiger partial charge in [0.05, 0.1) is 0 Å². The Morgan fingerprint density at radius 1 is 0.517 bits per heavy atom. The van der Waals surface area contributed by atoms with Crippen LogP contribution in [0.1, 0.15) is 19.4 Å².